The Kier molecular flexibility index (Phi) is 6.25. The van der Waals surface area contributed by atoms with Crippen molar-refractivity contribution < 1.29 is 29.0 Å². The number of anilines is 2. The lowest BCUT2D eigenvalue weighted by Gasteiger charge is -2.05. The van der Waals surface area contributed by atoms with Gasteiger partial charge in [-0.15, -0.1) is 0 Å². The van der Waals surface area contributed by atoms with E-state index in [9.17, 15) is 14.4 Å². The van der Waals surface area contributed by atoms with Crippen molar-refractivity contribution in [3.05, 3.63) is 52.3 Å². The molecule has 4 rings (SSSR count). The summed E-state index contributed by atoms with van der Waals surface area (Å²) < 4.78 is 10.3. The van der Waals surface area contributed by atoms with Gasteiger partial charge in [0, 0.05) is 12.1 Å². The Morgan fingerprint density at radius 2 is 1.78 bits per heavy atom. The molecule has 0 amide bonds. The predicted octanol–water partition coefficient (Wildman–Crippen LogP) is 0.798. The average Bonchev–Trinajstić information content (AvgIpc) is 3.30. The molecule has 0 unspecified atom stereocenters. The van der Waals surface area contributed by atoms with Crippen LogP contribution in [0.15, 0.2) is 24.3 Å². The van der Waals surface area contributed by atoms with E-state index in [4.69, 9.17) is 22.3 Å². The zero-order valence-corrected chi connectivity index (χ0v) is 17.4. The number of fused-ring (bicyclic) bond motifs is 2. The summed E-state index contributed by atoms with van der Waals surface area (Å²) in [4.78, 5) is 41.2. The number of aromatic nitrogens is 3. The molecule has 0 saturated heterocycles. The maximum absolute atomic E-state index is 11.6. The van der Waals surface area contributed by atoms with Crippen LogP contribution in [-0.2, 0) is 15.9 Å². The number of aromatic carboxylic acids is 1. The highest BCUT2D eigenvalue weighted by Gasteiger charge is 2.21. The molecular weight excluding hydrogens is 420 g/mol. The third-order valence-corrected chi connectivity index (χ3v) is 4.95. The number of nitrogen functional groups attached to an aromatic ring is 2. The van der Waals surface area contributed by atoms with Gasteiger partial charge in [0.15, 0.2) is 17.2 Å². The number of carbonyl (C=O) groups is 3. The standard InChI is InChI=1S/C11H13NO2.C9H9N5O4/c1-14-11(13)8-2-4-9-7(6-8)3-5-10(9)12;1-18-8(17)4-2-3(7(15)16)12-6-5(10)13-9(11)14(4)6/h2,4,6,10H,3,5,12H2,1H3;2H,10H2,1H3,(H2,11,13)(H,15,16)/t10-;/m0./s1. The van der Waals surface area contributed by atoms with Crippen molar-refractivity contribution >= 4 is 35.3 Å². The molecule has 1 aliphatic carbocycles. The quantitative estimate of drug-likeness (QED) is 0.418. The van der Waals surface area contributed by atoms with Gasteiger partial charge in [0.25, 0.3) is 0 Å². The van der Waals surface area contributed by atoms with Crippen LogP contribution in [0.5, 0.6) is 0 Å². The van der Waals surface area contributed by atoms with Gasteiger partial charge >= 0.3 is 17.9 Å². The number of methoxy groups -OCH3 is 2. The number of hydrogen-bond donors (Lipinski definition) is 4. The summed E-state index contributed by atoms with van der Waals surface area (Å²) in [6.07, 6.45) is 1.93. The Labute approximate surface area is 181 Å². The third-order valence-electron chi connectivity index (χ3n) is 4.95. The molecule has 32 heavy (non-hydrogen) atoms. The lowest BCUT2D eigenvalue weighted by Crippen LogP contribution is -2.14. The number of nitrogens with two attached hydrogens (primary N) is 3. The molecule has 12 nitrogen and oxygen atoms in total. The second-order valence-electron chi connectivity index (χ2n) is 6.89. The summed E-state index contributed by atoms with van der Waals surface area (Å²) in [7, 11) is 2.55. The van der Waals surface area contributed by atoms with Crippen LogP contribution in [0, 0.1) is 0 Å². The summed E-state index contributed by atoms with van der Waals surface area (Å²) in [5.74, 6) is -2.50. The number of esters is 2. The Bertz CT molecular complexity index is 1220. The van der Waals surface area contributed by atoms with Crippen LogP contribution in [0.25, 0.3) is 5.65 Å². The first-order valence-electron chi connectivity index (χ1n) is 9.40. The fraction of sp³-hybridized carbons (Fsp3) is 0.250. The third kappa shape index (κ3) is 4.16. The first-order chi connectivity index (χ1) is 15.2. The van der Waals surface area contributed by atoms with Crippen molar-refractivity contribution in [2.24, 2.45) is 5.73 Å². The molecule has 0 aliphatic heterocycles. The summed E-state index contributed by atoms with van der Waals surface area (Å²) in [6.45, 7) is 0. The van der Waals surface area contributed by atoms with Crippen LogP contribution in [0.4, 0.5) is 11.8 Å². The highest BCUT2D eigenvalue weighted by atomic mass is 16.5. The number of imidazole rings is 1. The van der Waals surface area contributed by atoms with Crippen molar-refractivity contribution in [3.8, 4) is 0 Å². The Morgan fingerprint density at radius 3 is 2.41 bits per heavy atom. The van der Waals surface area contributed by atoms with E-state index in [1.54, 1.807) is 6.07 Å². The van der Waals surface area contributed by atoms with Crippen molar-refractivity contribution in [1.29, 1.82) is 0 Å². The van der Waals surface area contributed by atoms with Crippen LogP contribution >= 0.6 is 0 Å². The number of carbonyl (C=O) groups excluding carboxylic acids is 2. The minimum Gasteiger partial charge on any atom is -0.477 e. The zero-order valence-electron chi connectivity index (χ0n) is 17.4. The maximum Gasteiger partial charge on any atom is 0.355 e. The second kappa shape index (κ2) is 8.89. The number of carboxylic acids is 1. The molecule has 0 radical (unpaired) electrons. The van der Waals surface area contributed by atoms with Gasteiger partial charge in [0.1, 0.15) is 5.69 Å². The van der Waals surface area contributed by atoms with E-state index in [1.165, 1.54) is 12.7 Å². The molecule has 0 fully saturated rings. The molecule has 7 N–H and O–H groups in total. The number of benzene rings is 1. The highest BCUT2D eigenvalue weighted by molar-refractivity contribution is 5.94. The van der Waals surface area contributed by atoms with Crippen LogP contribution in [-0.4, -0.2) is 51.6 Å². The molecule has 2 aromatic heterocycles. The highest BCUT2D eigenvalue weighted by Crippen LogP contribution is 2.29. The van der Waals surface area contributed by atoms with Gasteiger partial charge in [0.2, 0.25) is 5.95 Å². The van der Waals surface area contributed by atoms with E-state index in [0.717, 1.165) is 36.0 Å². The van der Waals surface area contributed by atoms with Gasteiger partial charge in [-0.1, -0.05) is 6.07 Å². The zero-order chi connectivity index (χ0) is 23.6. The fourth-order valence-corrected chi connectivity index (χ4v) is 3.39. The molecule has 0 bridgehead atoms. The molecule has 2 heterocycles. The van der Waals surface area contributed by atoms with Crippen molar-refractivity contribution in [3.63, 3.8) is 0 Å². The van der Waals surface area contributed by atoms with Crippen LogP contribution in [0.2, 0.25) is 0 Å². The van der Waals surface area contributed by atoms with Gasteiger partial charge in [-0.05, 0) is 36.1 Å². The fourth-order valence-electron chi connectivity index (χ4n) is 3.39. The Morgan fingerprint density at radius 1 is 1.09 bits per heavy atom. The molecule has 168 valence electrons. The SMILES string of the molecule is COC(=O)c1cc(C(=O)O)nc2c(N)nc(N)n12.COC(=O)c1ccc2c(c1)CC[C@@H]2N. The lowest BCUT2D eigenvalue weighted by molar-refractivity contribution is 0.0586. The van der Waals surface area contributed by atoms with Gasteiger partial charge in [-0.2, -0.15) is 4.98 Å². The summed E-state index contributed by atoms with van der Waals surface area (Å²) >= 11 is 0. The minimum absolute atomic E-state index is 0.00667. The Hall–Kier alpha value is -4.19. The number of rotatable bonds is 3. The molecule has 0 spiro atoms. The molecule has 1 aromatic carbocycles. The summed E-state index contributed by atoms with van der Waals surface area (Å²) in [6, 6.07) is 6.76. The average molecular weight is 442 g/mol. The van der Waals surface area contributed by atoms with Gasteiger partial charge < -0.3 is 31.8 Å². The molecule has 12 heteroatoms. The monoisotopic (exact) mass is 442 g/mol. The van der Waals surface area contributed by atoms with E-state index >= 15 is 0 Å². The van der Waals surface area contributed by atoms with Gasteiger partial charge in [-0.25, -0.2) is 19.4 Å². The van der Waals surface area contributed by atoms with E-state index in [0.29, 0.717) is 5.56 Å². The van der Waals surface area contributed by atoms with E-state index in [-0.39, 0.29) is 40.8 Å². The van der Waals surface area contributed by atoms with Crippen molar-refractivity contribution in [2.75, 3.05) is 25.7 Å². The number of carboxylic acid groups (broad SMARTS) is 1. The molecule has 3 aromatic rings. The first-order valence-corrected chi connectivity index (χ1v) is 9.40. The number of aryl methyl sites for hydroxylation is 1. The minimum atomic E-state index is -1.30. The first kappa shape index (κ1) is 22.5. The van der Waals surface area contributed by atoms with Crippen molar-refractivity contribution in [1.82, 2.24) is 14.4 Å². The maximum atomic E-state index is 11.6. The summed E-state index contributed by atoms with van der Waals surface area (Å²) in [5.41, 5.74) is 19.5. The van der Waals surface area contributed by atoms with Crippen molar-refractivity contribution in [2.45, 2.75) is 18.9 Å². The predicted molar refractivity (Wildman–Crippen MR) is 113 cm³/mol. The van der Waals surface area contributed by atoms with Gasteiger partial charge in [-0.3, -0.25) is 4.40 Å². The molecular formula is C20H22N6O6. The normalized spacial score (nSPS) is 14.3. The van der Waals surface area contributed by atoms with E-state index in [1.807, 2.05) is 12.1 Å². The Balaban J connectivity index is 0.000000186. The van der Waals surface area contributed by atoms with Crippen LogP contribution < -0.4 is 17.2 Å². The number of nitrogens with zero attached hydrogens (tertiary/aromatic N) is 3. The molecule has 1 atom stereocenters. The smallest absolute Gasteiger partial charge is 0.355 e. The molecule has 1 aliphatic rings. The lowest BCUT2D eigenvalue weighted by atomic mass is 10.1. The molecule has 0 saturated carbocycles. The van der Waals surface area contributed by atoms with Crippen LogP contribution in [0.3, 0.4) is 0 Å². The second-order valence-corrected chi connectivity index (χ2v) is 6.89. The van der Waals surface area contributed by atoms with E-state index < -0.39 is 11.9 Å². The van der Waals surface area contributed by atoms with Gasteiger partial charge in [0.05, 0.1) is 19.8 Å². The topological polar surface area (TPSA) is 198 Å². The van der Waals surface area contributed by atoms with E-state index in [2.05, 4.69) is 19.4 Å². The van der Waals surface area contributed by atoms with Crippen LogP contribution in [0.1, 0.15) is 54.9 Å². The largest absolute Gasteiger partial charge is 0.477 e. The summed E-state index contributed by atoms with van der Waals surface area (Å²) in [5, 5.41) is 8.90. The number of hydrogen-bond acceptors (Lipinski definition) is 10. The number of ether oxygens (including phenoxy) is 2.